The van der Waals surface area contributed by atoms with E-state index in [-0.39, 0.29) is 29.0 Å². The summed E-state index contributed by atoms with van der Waals surface area (Å²) in [6, 6.07) is 1.91. The lowest BCUT2D eigenvalue weighted by atomic mass is 10.0. The van der Waals surface area contributed by atoms with E-state index >= 15 is 0 Å². The van der Waals surface area contributed by atoms with Crippen LogP contribution in [-0.4, -0.2) is 20.3 Å². The van der Waals surface area contributed by atoms with Crippen molar-refractivity contribution in [2.24, 2.45) is 0 Å². The first-order valence-corrected chi connectivity index (χ1v) is 7.25. The lowest BCUT2D eigenvalue weighted by molar-refractivity contribution is -0.137. The summed E-state index contributed by atoms with van der Waals surface area (Å²) < 4.78 is 42.8. The number of anilines is 1. The van der Waals surface area contributed by atoms with Crippen LogP contribution in [0.2, 0.25) is 0 Å². The lowest BCUT2D eigenvalue weighted by Crippen LogP contribution is -2.08. The van der Waals surface area contributed by atoms with E-state index < -0.39 is 11.7 Å². The van der Waals surface area contributed by atoms with Gasteiger partial charge in [0.2, 0.25) is 5.65 Å². The fourth-order valence-electron chi connectivity index (χ4n) is 2.15. The van der Waals surface area contributed by atoms with Gasteiger partial charge in [-0.05, 0) is 29.4 Å². The average molecular weight is 339 g/mol. The topological polar surface area (TPSA) is 90.7 Å². The van der Waals surface area contributed by atoms with Gasteiger partial charge in [0.05, 0.1) is 11.3 Å². The number of nitrogen functional groups attached to an aromatic ring is 1. The number of alkyl halides is 3. The molecule has 3 aromatic rings. The number of fused-ring (bicyclic) bond motifs is 1. The second kappa shape index (κ2) is 6.81. The van der Waals surface area contributed by atoms with Crippen LogP contribution in [-0.2, 0) is 12.6 Å². The van der Waals surface area contributed by atoms with Crippen LogP contribution >= 0.6 is 0 Å². The van der Waals surface area contributed by atoms with Gasteiger partial charge in [-0.1, -0.05) is 13.8 Å². The summed E-state index contributed by atoms with van der Waals surface area (Å²) in [6.45, 7) is 5.69. The molecule has 0 saturated carbocycles. The summed E-state index contributed by atoms with van der Waals surface area (Å²) in [5.74, 6) is 0. The van der Waals surface area contributed by atoms with E-state index in [4.69, 9.17) is 5.73 Å². The highest BCUT2D eigenvalue weighted by Gasteiger charge is 2.30. The molecule has 0 amide bonds. The Morgan fingerprint density at radius 3 is 2.58 bits per heavy atom. The number of hydrogen-bond acceptors (Lipinski definition) is 6. The van der Waals surface area contributed by atoms with Crippen molar-refractivity contribution in [3.8, 4) is 0 Å². The maximum Gasteiger partial charge on any atom is 0.416 e. The first-order chi connectivity index (χ1) is 11.4. The molecular formula is C15H16F3N5O. The molecule has 3 rings (SSSR count). The molecule has 0 radical (unpaired) electrons. The van der Waals surface area contributed by atoms with Crippen molar-refractivity contribution in [1.82, 2.24) is 20.3 Å². The predicted molar refractivity (Wildman–Crippen MR) is 82.1 cm³/mol. The van der Waals surface area contributed by atoms with Gasteiger partial charge < -0.3 is 5.73 Å². The molecule has 0 fully saturated rings. The molecule has 0 atom stereocenters. The van der Waals surface area contributed by atoms with Crippen molar-refractivity contribution in [3.05, 3.63) is 40.8 Å². The molecule has 6 nitrogen and oxygen atoms in total. The molecule has 0 bridgehead atoms. The quantitative estimate of drug-likeness (QED) is 0.768. The molecule has 3 aromatic heterocycles. The van der Waals surface area contributed by atoms with E-state index in [0.717, 1.165) is 18.3 Å². The number of aromatic nitrogens is 4. The molecule has 9 heteroatoms. The van der Waals surface area contributed by atoms with Gasteiger partial charge in [-0.3, -0.25) is 4.98 Å². The molecule has 0 aliphatic heterocycles. The third kappa shape index (κ3) is 3.44. The van der Waals surface area contributed by atoms with Crippen molar-refractivity contribution in [2.75, 3.05) is 5.73 Å². The van der Waals surface area contributed by atoms with Gasteiger partial charge in [0.25, 0.3) is 0 Å². The van der Waals surface area contributed by atoms with Crippen LogP contribution in [0.15, 0.2) is 23.0 Å². The van der Waals surface area contributed by atoms with Crippen molar-refractivity contribution < 1.29 is 17.8 Å². The number of aryl methyl sites for hydroxylation is 1. The van der Waals surface area contributed by atoms with Crippen LogP contribution in [0.1, 0.15) is 36.4 Å². The number of nitrogens with two attached hydrogens (primary N) is 1. The van der Waals surface area contributed by atoms with Crippen molar-refractivity contribution in [1.29, 1.82) is 0 Å². The molecule has 3 heterocycles. The van der Waals surface area contributed by atoms with E-state index in [1.807, 2.05) is 13.8 Å². The largest absolute Gasteiger partial charge is 0.416 e. The number of halogens is 3. The Morgan fingerprint density at radius 1 is 1.21 bits per heavy atom. The summed E-state index contributed by atoms with van der Waals surface area (Å²) in [4.78, 5) is 8.12. The maximum absolute atomic E-state index is 12.7. The second-order valence-corrected chi connectivity index (χ2v) is 4.74. The smallest absolute Gasteiger partial charge is 0.396 e. The number of nitrogens with zero attached hydrogens (tertiary/aromatic N) is 4. The third-order valence-corrected chi connectivity index (χ3v) is 3.26. The zero-order valence-corrected chi connectivity index (χ0v) is 13.3. The zero-order valence-electron chi connectivity index (χ0n) is 13.3. The van der Waals surface area contributed by atoms with E-state index in [2.05, 4.69) is 24.9 Å². The Balaban J connectivity index is 0.00000100. The van der Waals surface area contributed by atoms with Crippen LogP contribution in [0.4, 0.5) is 18.9 Å². The number of hydrogen-bond donors (Lipinski definition) is 1. The normalized spacial score (nSPS) is 11.2. The van der Waals surface area contributed by atoms with Gasteiger partial charge in [0.1, 0.15) is 0 Å². The second-order valence-electron chi connectivity index (χ2n) is 4.74. The standard InChI is InChI=1S/C13H10F3N5O.C2H6/c1-6-9(10(17)11-12(19-6)21-22-20-11)5-8-4-7(2-3-18-8)13(14,15)16;1-2/h2-4H,5,17H2,1H3;1-2H3. The first-order valence-electron chi connectivity index (χ1n) is 7.25. The van der Waals surface area contributed by atoms with E-state index in [1.165, 1.54) is 0 Å². The predicted octanol–water partition coefficient (Wildman–Crippen LogP) is 3.54. The Morgan fingerprint density at radius 2 is 1.92 bits per heavy atom. The molecule has 128 valence electrons. The maximum atomic E-state index is 12.7. The summed E-state index contributed by atoms with van der Waals surface area (Å²) in [7, 11) is 0. The van der Waals surface area contributed by atoms with Crippen molar-refractivity contribution in [3.63, 3.8) is 0 Å². The molecule has 24 heavy (non-hydrogen) atoms. The fourth-order valence-corrected chi connectivity index (χ4v) is 2.15. The van der Waals surface area contributed by atoms with Crippen molar-refractivity contribution >= 4 is 16.9 Å². The molecule has 0 aliphatic rings. The Labute approximate surface area is 135 Å². The third-order valence-electron chi connectivity index (χ3n) is 3.26. The van der Waals surface area contributed by atoms with Gasteiger partial charge in [0, 0.05) is 29.6 Å². The Hall–Kier alpha value is -2.71. The number of rotatable bonds is 2. The molecule has 0 saturated heterocycles. The zero-order chi connectivity index (χ0) is 17.9. The Kier molecular flexibility index (Phi) is 5.01. The van der Waals surface area contributed by atoms with Gasteiger partial charge in [-0.25, -0.2) is 9.61 Å². The Bertz CT molecular complexity index is 845. The van der Waals surface area contributed by atoms with Crippen molar-refractivity contribution in [2.45, 2.75) is 33.4 Å². The minimum Gasteiger partial charge on any atom is -0.396 e. The van der Waals surface area contributed by atoms with Crippen LogP contribution < -0.4 is 5.73 Å². The monoisotopic (exact) mass is 339 g/mol. The molecule has 0 spiro atoms. The minimum atomic E-state index is -4.42. The van der Waals surface area contributed by atoms with Crippen LogP contribution in [0.5, 0.6) is 0 Å². The van der Waals surface area contributed by atoms with Gasteiger partial charge in [-0.2, -0.15) is 13.2 Å². The minimum absolute atomic E-state index is 0.109. The van der Waals surface area contributed by atoms with E-state index in [9.17, 15) is 13.2 Å². The summed E-state index contributed by atoms with van der Waals surface area (Å²) >= 11 is 0. The number of pyridine rings is 2. The fraction of sp³-hybridized carbons (Fsp3) is 0.333. The SMILES string of the molecule is CC.Cc1nc2nonc2c(N)c1Cc1cc(C(F)(F)F)ccn1. The molecular weight excluding hydrogens is 323 g/mol. The van der Waals surface area contributed by atoms with Crippen LogP contribution in [0, 0.1) is 6.92 Å². The molecule has 0 aliphatic carbocycles. The van der Waals surface area contributed by atoms with E-state index in [1.54, 1.807) is 6.92 Å². The molecule has 0 aromatic carbocycles. The van der Waals surface area contributed by atoms with Crippen LogP contribution in [0.25, 0.3) is 11.2 Å². The summed E-state index contributed by atoms with van der Waals surface area (Å²) in [6.07, 6.45) is -3.19. The molecule has 0 unspecified atom stereocenters. The summed E-state index contributed by atoms with van der Waals surface area (Å²) in [5, 5.41) is 7.24. The first kappa shape index (κ1) is 17.6. The van der Waals surface area contributed by atoms with Gasteiger partial charge >= 0.3 is 6.18 Å². The van der Waals surface area contributed by atoms with E-state index in [0.29, 0.717) is 11.3 Å². The van der Waals surface area contributed by atoms with Crippen LogP contribution in [0.3, 0.4) is 0 Å². The highest BCUT2D eigenvalue weighted by molar-refractivity contribution is 5.85. The summed E-state index contributed by atoms with van der Waals surface area (Å²) in [5.41, 5.74) is 7.38. The molecule has 2 N–H and O–H groups in total. The highest BCUT2D eigenvalue weighted by Crippen LogP contribution is 2.30. The average Bonchev–Trinajstić information content (AvgIpc) is 3.01. The van der Waals surface area contributed by atoms with Gasteiger partial charge in [0.15, 0.2) is 5.52 Å². The lowest BCUT2D eigenvalue weighted by Gasteiger charge is -2.10. The van der Waals surface area contributed by atoms with Gasteiger partial charge in [-0.15, -0.1) is 0 Å². The highest BCUT2D eigenvalue weighted by atomic mass is 19.4.